The second-order valence-electron chi connectivity index (χ2n) is 6.80. The van der Waals surface area contributed by atoms with E-state index < -0.39 is 0 Å². The van der Waals surface area contributed by atoms with Gasteiger partial charge >= 0.3 is 0 Å². The number of rotatable bonds is 8. The zero-order valence-electron chi connectivity index (χ0n) is 15.8. The molecular formula is C21H25N3O3S. The molecule has 2 aromatic rings. The molecule has 0 saturated heterocycles. The Balaban J connectivity index is 1.29. The molecule has 0 atom stereocenters. The fraction of sp³-hybridized carbons (Fsp3) is 0.381. The second-order valence-corrected chi connectivity index (χ2v) is 7.80. The molecule has 0 aliphatic carbocycles. The quantitative estimate of drug-likeness (QED) is 0.712. The number of nitrogens with zero attached hydrogens (tertiary/aromatic N) is 1. The number of hydrogen-bond donors (Lipinski definition) is 2. The molecule has 0 unspecified atom stereocenters. The largest absolute Gasteiger partial charge is 0.354 e. The zero-order chi connectivity index (χ0) is 19.8. The summed E-state index contributed by atoms with van der Waals surface area (Å²) >= 11 is 1.73. The van der Waals surface area contributed by atoms with Crippen LogP contribution in [0.15, 0.2) is 41.8 Å². The van der Waals surface area contributed by atoms with E-state index in [1.165, 1.54) is 10.4 Å². The lowest BCUT2D eigenvalue weighted by atomic mass is 10.1. The minimum absolute atomic E-state index is 0.0145. The topological polar surface area (TPSA) is 78.5 Å². The standard InChI is InChI=1S/C21H25N3O3S/c25-19(23-14-20(26)22-11-8-16-4-2-1-3-5-16)6-7-21(27)24-12-9-18-17(15-24)10-13-28-18/h1-5,10,13H,6-9,11-12,14-15H2,(H,22,26)(H,23,25). The van der Waals surface area contributed by atoms with Crippen LogP contribution in [0.4, 0.5) is 0 Å². The van der Waals surface area contributed by atoms with Crippen molar-refractivity contribution >= 4 is 29.1 Å². The van der Waals surface area contributed by atoms with Crippen LogP contribution in [-0.2, 0) is 33.8 Å². The van der Waals surface area contributed by atoms with E-state index >= 15 is 0 Å². The molecule has 0 saturated carbocycles. The Morgan fingerprint density at radius 2 is 1.82 bits per heavy atom. The third kappa shape index (κ3) is 5.92. The second kappa shape index (κ2) is 10.0. The lowest BCUT2D eigenvalue weighted by Gasteiger charge is -2.27. The number of fused-ring (bicyclic) bond motifs is 1. The van der Waals surface area contributed by atoms with Crippen LogP contribution in [0, 0.1) is 0 Å². The van der Waals surface area contributed by atoms with Crippen LogP contribution in [0.25, 0.3) is 0 Å². The smallest absolute Gasteiger partial charge is 0.239 e. The maximum atomic E-state index is 12.3. The van der Waals surface area contributed by atoms with Gasteiger partial charge < -0.3 is 15.5 Å². The minimum atomic E-state index is -0.278. The number of carbonyl (C=O) groups excluding carboxylic acids is 3. The van der Waals surface area contributed by atoms with Gasteiger partial charge in [-0.3, -0.25) is 14.4 Å². The van der Waals surface area contributed by atoms with Crippen molar-refractivity contribution in [1.82, 2.24) is 15.5 Å². The van der Waals surface area contributed by atoms with Crippen molar-refractivity contribution in [2.45, 2.75) is 32.2 Å². The molecule has 1 aromatic carbocycles. The number of hydrogen-bond acceptors (Lipinski definition) is 4. The van der Waals surface area contributed by atoms with Crippen LogP contribution in [0.5, 0.6) is 0 Å². The number of nitrogens with one attached hydrogen (secondary N) is 2. The highest BCUT2D eigenvalue weighted by Gasteiger charge is 2.21. The van der Waals surface area contributed by atoms with Crippen molar-refractivity contribution in [3.8, 4) is 0 Å². The van der Waals surface area contributed by atoms with E-state index in [1.54, 1.807) is 16.2 Å². The summed E-state index contributed by atoms with van der Waals surface area (Å²) in [5.74, 6) is -0.518. The molecule has 0 fully saturated rings. The third-order valence-electron chi connectivity index (χ3n) is 4.75. The predicted octanol–water partition coefficient (Wildman–Crippen LogP) is 1.89. The highest BCUT2D eigenvalue weighted by atomic mass is 32.1. The number of carbonyl (C=O) groups is 3. The monoisotopic (exact) mass is 399 g/mol. The summed E-state index contributed by atoms with van der Waals surface area (Å²) in [5.41, 5.74) is 2.36. The summed E-state index contributed by atoms with van der Waals surface area (Å²) in [7, 11) is 0. The third-order valence-corrected chi connectivity index (χ3v) is 5.77. The predicted molar refractivity (Wildman–Crippen MR) is 109 cm³/mol. The molecule has 3 amide bonds. The molecule has 0 spiro atoms. The van der Waals surface area contributed by atoms with Gasteiger partial charge in [-0.25, -0.2) is 0 Å². The molecule has 1 aromatic heterocycles. The van der Waals surface area contributed by atoms with Crippen molar-refractivity contribution < 1.29 is 14.4 Å². The lowest BCUT2D eigenvalue weighted by molar-refractivity contribution is -0.134. The van der Waals surface area contributed by atoms with Crippen LogP contribution in [0.2, 0.25) is 0 Å². The van der Waals surface area contributed by atoms with Crippen molar-refractivity contribution in [1.29, 1.82) is 0 Å². The summed E-state index contributed by atoms with van der Waals surface area (Å²) in [6.45, 7) is 1.79. The van der Waals surface area contributed by atoms with E-state index in [4.69, 9.17) is 0 Å². The van der Waals surface area contributed by atoms with E-state index in [0.717, 1.165) is 18.4 Å². The van der Waals surface area contributed by atoms with Gasteiger partial charge in [0.05, 0.1) is 6.54 Å². The number of amides is 3. The highest BCUT2D eigenvalue weighted by Crippen LogP contribution is 2.24. The fourth-order valence-electron chi connectivity index (χ4n) is 3.16. The first-order chi connectivity index (χ1) is 13.6. The van der Waals surface area contributed by atoms with Crippen molar-refractivity contribution in [2.24, 2.45) is 0 Å². The molecule has 28 heavy (non-hydrogen) atoms. The molecule has 148 valence electrons. The van der Waals surface area contributed by atoms with Gasteiger partial charge in [0.15, 0.2) is 0 Å². The van der Waals surface area contributed by atoms with Gasteiger partial charge in [0.25, 0.3) is 0 Å². The van der Waals surface area contributed by atoms with Crippen LogP contribution in [0.1, 0.15) is 28.8 Å². The summed E-state index contributed by atoms with van der Waals surface area (Å²) < 4.78 is 0. The van der Waals surface area contributed by atoms with Gasteiger partial charge in [0.1, 0.15) is 0 Å². The van der Waals surface area contributed by atoms with Crippen LogP contribution < -0.4 is 10.6 Å². The van der Waals surface area contributed by atoms with E-state index in [0.29, 0.717) is 19.6 Å². The van der Waals surface area contributed by atoms with Crippen molar-refractivity contribution in [3.05, 3.63) is 57.8 Å². The highest BCUT2D eigenvalue weighted by molar-refractivity contribution is 7.10. The van der Waals surface area contributed by atoms with Crippen LogP contribution in [-0.4, -0.2) is 42.3 Å². The average Bonchev–Trinajstić information content (AvgIpc) is 3.19. The van der Waals surface area contributed by atoms with Gasteiger partial charge in [0.2, 0.25) is 17.7 Å². The Morgan fingerprint density at radius 3 is 2.64 bits per heavy atom. The molecule has 1 aliphatic rings. The molecular weight excluding hydrogens is 374 g/mol. The first kappa shape index (κ1) is 20.1. The van der Waals surface area contributed by atoms with Gasteiger partial charge in [-0.15, -0.1) is 11.3 Å². The van der Waals surface area contributed by atoms with Gasteiger partial charge in [0, 0.05) is 37.4 Å². The van der Waals surface area contributed by atoms with E-state index in [-0.39, 0.29) is 37.1 Å². The molecule has 0 radical (unpaired) electrons. The van der Waals surface area contributed by atoms with Crippen LogP contribution in [0.3, 0.4) is 0 Å². The normalized spacial score (nSPS) is 12.9. The summed E-state index contributed by atoms with van der Waals surface area (Å²) in [4.78, 5) is 39.2. The number of thiophene rings is 1. The van der Waals surface area contributed by atoms with E-state index in [9.17, 15) is 14.4 Å². The maximum Gasteiger partial charge on any atom is 0.239 e. The number of benzene rings is 1. The molecule has 3 rings (SSSR count). The van der Waals surface area contributed by atoms with Crippen molar-refractivity contribution in [3.63, 3.8) is 0 Å². The maximum absolute atomic E-state index is 12.3. The summed E-state index contributed by atoms with van der Waals surface area (Å²) in [6.07, 6.45) is 1.90. The SMILES string of the molecule is O=C(CCC(=O)N1CCc2sccc2C1)NCC(=O)NCCc1ccccc1. The Kier molecular flexibility index (Phi) is 7.19. The summed E-state index contributed by atoms with van der Waals surface area (Å²) in [5, 5.41) is 7.42. The Bertz CT molecular complexity index is 819. The summed E-state index contributed by atoms with van der Waals surface area (Å²) in [6, 6.07) is 11.9. The molecule has 1 aliphatic heterocycles. The molecule has 6 nitrogen and oxygen atoms in total. The molecule has 2 N–H and O–H groups in total. The first-order valence-corrected chi connectivity index (χ1v) is 10.4. The zero-order valence-corrected chi connectivity index (χ0v) is 16.6. The first-order valence-electron chi connectivity index (χ1n) is 9.52. The minimum Gasteiger partial charge on any atom is -0.354 e. The van der Waals surface area contributed by atoms with Crippen molar-refractivity contribution in [2.75, 3.05) is 19.6 Å². The van der Waals surface area contributed by atoms with Gasteiger partial charge in [-0.2, -0.15) is 0 Å². The molecule has 0 bridgehead atoms. The Hall–Kier alpha value is -2.67. The van der Waals surface area contributed by atoms with Crippen LogP contribution >= 0.6 is 11.3 Å². The van der Waals surface area contributed by atoms with E-state index in [2.05, 4.69) is 22.1 Å². The molecule has 2 heterocycles. The molecule has 7 heteroatoms. The van der Waals surface area contributed by atoms with Gasteiger partial charge in [-0.1, -0.05) is 30.3 Å². The Labute approximate surface area is 168 Å². The lowest BCUT2D eigenvalue weighted by Crippen LogP contribution is -2.39. The van der Waals surface area contributed by atoms with E-state index in [1.807, 2.05) is 30.3 Å². The Morgan fingerprint density at radius 1 is 1.00 bits per heavy atom. The fourth-order valence-corrected chi connectivity index (χ4v) is 4.05. The van der Waals surface area contributed by atoms with Gasteiger partial charge in [-0.05, 0) is 35.4 Å². The average molecular weight is 400 g/mol.